The number of fused-ring (bicyclic) bond motifs is 1. The van der Waals surface area contributed by atoms with Gasteiger partial charge in [0.2, 0.25) is 0 Å². The van der Waals surface area contributed by atoms with Gasteiger partial charge in [-0.2, -0.15) is 5.10 Å². The van der Waals surface area contributed by atoms with Gasteiger partial charge in [0.05, 0.1) is 17.1 Å². The molecule has 156 valence electrons. The van der Waals surface area contributed by atoms with Gasteiger partial charge in [0, 0.05) is 16.8 Å². The van der Waals surface area contributed by atoms with Crippen LogP contribution in [-0.2, 0) is 6.42 Å². The Hall–Kier alpha value is -1.92. The van der Waals surface area contributed by atoms with Gasteiger partial charge in [-0.15, -0.1) is 12.4 Å². The molecule has 2 aromatic carbocycles. The summed E-state index contributed by atoms with van der Waals surface area (Å²) in [6, 6.07) is 15.8. The van der Waals surface area contributed by atoms with Gasteiger partial charge >= 0.3 is 0 Å². The Bertz CT molecular complexity index is 1010. The quantitative estimate of drug-likeness (QED) is 0.626. The molecule has 1 aliphatic rings. The van der Waals surface area contributed by atoms with Crippen molar-refractivity contribution in [3.05, 3.63) is 75.2 Å². The lowest BCUT2D eigenvalue weighted by Gasteiger charge is -2.19. The van der Waals surface area contributed by atoms with Crippen LogP contribution in [0.5, 0.6) is 0 Å². The SMILES string of the molecule is CN1CCCC(n2nc(Cc3ccc(Cl)cc3)c3ccccc3c2=O)CC1.Cl.O. The van der Waals surface area contributed by atoms with Crippen molar-refractivity contribution in [3.8, 4) is 0 Å². The number of nitrogens with zero attached hydrogens (tertiary/aromatic N) is 3. The van der Waals surface area contributed by atoms with Gasteiger partial charge in [-0.25, -0.2) is 4.68 Å². The largest absolute Gasteiger partial charge is 0.412 e. The van der Waals surface area contributed by atoms with Crippen molar-refractivity contribution in [2.24, 2.45) is 0 Å². The van der Waals surface area contributed by atoms with Crippen molar-refractivity contribution < 1.29 is 5.48 Å². The molecule has 0 radical (unpaired) electrons. The van der Waals surface area contributed by atoms with E-state index in [4.69, 9.17) is 16.7 Å². The summed E-state index contributed by atoms with van der Waals surface area (Å²) >= 11 is 6.02. The molecule has 7 heteroatoms. The summed E-state index contributed by atoms with van der Waals surface area (Å²) in [7, 11) is 2.14. The predicted octanol–water partition coefficient (Wildman–Crippen LogP) is 3.89. The van der Waals surface area contributed by atoms with E-state index in [0.717, 1.165) is 59.4 Å². The van der Waals surface area contributed by atoms with Gasteiger partial charge in [-0.1, -0.05) is 41.9 Å². The smallest absolute Gasteiger partial charge is 0.274 e. The second-order valence-electron chi connectivity index (χ2n) is 7.43. The van der Waals surface area contributed by atoms with E-state index in [1.807, 2.05) is 48.5 Å². The van der Waals surface area contributed by atoms with Gasteiger partial charge in [0.1, 0.15) is 0 Å². The van der Waals surface area contributed by atoms with Gasteiger partial charge in [0.25, 0.3) is 5.56 Å². The number of aromatic nitrogens is 2. The van der Waals surface area contributed by atoms with Crippen LogP contribution in [-0.4, -0.2) is 40.3 Å². The number of benzene rings is 2. The Kier molecular flexibility index (Phi) is 8.23. The maximum absolute atomic E-state index is 13.1. The molecule has 1 aromatic heterocycles. The average molecular weight is 436 g/mol. The van der Waals surface area contributed by atoms with Crippen LogP contribution in [0.25, 0.3) is 10.8 Å². The summed E-state index contributed by atoms with van der Waals surface area (Å²) < 4.78 is 1.76. The molecule has 1 aliphatic heterocycles. The summed E-state index contributed by atoms with van der Waals surface area (Å²) in [5.41, 5.74) is 2.12. The molecule has 3 aromatic rings. The van der Waals surface area contributed by atoms with Crippen molar-refractivity contribution in [1.82, 2.24) is 14.7 Å². The van der Waals surface area contributed by atoms with E-state index in [1.165, 1.54) is 0 Å². The average Bonchev–Trinajstić information content (AvgIpc) is 2.90. The third-order valence-electron chi connectivity index (χ3n) is 5.46. The Balaban J connectivity index is 0.00000150. The van der Waals surface area contributed by atoms with E-state index in [-0.39, 0.29) is 29.5 Å². The molecule has 1 atom stereocenters. The second-order valence-corrected chi connectivity index (χ2v) is 7.87. The third-order valence-corrected chi connectivity index (χ3v) is 5.71. The fourth-order valence-electron chi connectivity index (χ4n) is 3.91. The third kappa shape index (κ3) is 5.17. The first-order chi connectivity index (χ1) is 13.1. The van der Waals surface area contributed by atoms with Crippen molar-refractivity contribution in [1.29, 1.82) is 0 Å². The molecule has 0 aliphatic carbocycles. The van der Waals surface area contributed by atoms with E-state index in [9.17, 15) is 4.79 Å². The first-order valence-corrected chi connectivity index (χ1v) is 9.93. The Morgan fingerprint density at radius 1 is 1.03 bits per heavy atom. The monoisotopic (exact) mass is 435 g/mol. The van der Waals surface area contributed by atoms with E-state index in [2.05, 4.69) is 11.9 Å². The lowest BCUT2D eigenvalue weighted by Crippen LogP contribution is -2.29. The highest BCUT2D eigenvalue weighted by Crippen LogP contribution is 2.23. The van der Waals surface area contributed by atoms with Crippen molar-refractivity contribution in [2.45, 2.75) is 31.7 Å². The minimum absolute atomic E-state index is 0. The van der Waals surface area contributed by atoms with Gasteiger partial charge < -0.3 is 10.4 Å². The zero-order valence-corrected chi connectivity index (χ0v) is 18.0. The van der Waals surface area contributed by atoms with Crippen LogP contribution in [0.3, 0.4) is 0 Å². The molecule has 0 amide bonds. The first kappa shape index (κ1) is 23.4. The number of likely N-dealkylation sites (tertiary alicyclic amines) is 1. The normalized spacial score (nSPS) is 17.2. The van der Waals surface area contributed by atoms with Crippen LogP contribution in [0.1, 0.15) is 36.6 Å². The second kappa shape index (κ2) is 10.2. The van der Waals surface area contributed by atoms with Crippen LogP contribution in [0.15, 0.2) is 53.3 Å². The molecule has 0 spiro atoms. The van der Waals surface area contributed by atoms with Crippen LogP contribution < -0.4 is 5.56 Å². The van der Waals surface area contributed by atoms with Crippen LogP contribution in [0.4, 0.5) is 0 Å². The number of halogens is 2. The number of hydrogen-bond acceptors (Lipinski definition) is 3. The highest BCUT2D eigenvalue weighted by molar-refractivity contribution is 6.30. The highest BCUT2D eigenvalue weighted by Gasteiger charge is 2.21. The zero-order chi connectivity index (χ0) is 18.8. The van der Waals surface area contributed by atoms with E-state index < -0.39 is 0 Å². The molecular formula is C22H27Cl2N3O2. The van der Waals surface area contributed by atoms with Gasteiger partial charge in [0.15, 0.2) is 0 Å². The predicted molar refractivity (Wildman–Crippen MR) is 122 cm³/mol. The van der Waals surface area contributed by atoms with Crippen molar-refractivity contribution in [2.75, 3.05) is 20.1 Å². The summed E-state index contributed by atoms with van der Waals surface area (Å²) in [5.74, 6) is 0. The zero-order valence-electron chi connectivity index (χ0n) is 16.5. The molecule has 5 nitrogen and oxygen atoms in total. The van der Waals surface area contributed by atoms with Gasteiger partial charge in [-0.3, -0.25) is 4.79 Å². The standard InChI is InChI=1S/C22H24ClN3O.ClH.H2O/c1-25-13-4-5-18(12-14-25)26-22(27)20-7-3-2-6-19(20)21(24-26)15-16-8-10-17(23)11-9-16;;/h2-3,6-11,18H,4-5,12-15H2,1H3;1H;1H2. The van der Waals surface area contributed by atoms with E-state index in [0.29, 0.717) is 6.42 Å². The summed E-state index contributed by atoms with van der Waals surface area (Å²) in [5, 5.41) is 7.29. The first-order valence-electron chi connectivity index (χ1n) is 9.55. The molecule has 0 bridgehead atoms. The molecule has 2 heterocycles. The van der Waals surface area contributed by atoms with E-state index in [1.54, 1.807) is 4.68 Å². The van der Waals surface area contributed by atoms with Crippen LogP contribution >= 0.6 is 24.0 Å². The molecule has 29 heavy (non-hydrogen) atoms. The summed E-state index contributed by atoms with van der Waals surface area (Å²) in [6.07, 6.45) is 3.73. The molecular weight excluding hydrogens is 409 g/mol. The van der Waals surface area contributed by atoms with Crippen molar-refractivity contribution >= 4 is 34.8 Å². The van der Waals surface area contributed by atoms with Crippen molar-refractivity contribution in [3.63, 3.8) is 0 Å². The highest BCUT2D eigenvalue weighted by atomic mass is 35.5. The molecule has 0 saturated carbocycles. The lowest BCUT2D eigenvalue weighted by molar-refractivity contribution is 0.334. The van der Waals surface area contributed by atoms with E-state index >= 15 is 0 Å². The van der Waals surface area contributed by atoms with Crippen LogP contribution in [0.2, 0.25) is 5.02 Å². The van der Waals surface area contributed by atoms with Crippen LogP contribution in [0, 0.1) is 0 Å². The minimum atomic E-state index is 0. The fourth-order valence-corrected chi connectivity index (χ4v) is 4.04. The summed E-state index contributed by atoms with van der Waals surface area (Å²) in [6.45, 7) is 2.08. The number of rotatable bonds is 3. The maximum Gasteiger partial charge on any atom is 0.274 e. The lowest BCUT2D eigenvalue weighted by atomic mass is 10.0. The fraction of sp³-hybridized carbons (Fsp3) is 0.364. The van der Waals surface area contributed by atoms with Gasteiger partial charge in [-0.05, 0) is 63.2 Å². The Morgan fingerprint density at radius 3 is 2.45 bits per heavy atom. The molecule has 1 saturated heterocycles. The molecule has 4 rings (SSSR count). The molecule has 2 N–H and O–H groups in total. The Morgan fingerprint density at radius 2 is 1.72 bits per heavy atom. The molecule has 1 unspecified atom stereocenters. The number of hydrogen-bond donors (Lipinski definition) is 0. The Labute approximate surface area is 182 Å². The summed E-state index contributed by atoms with van der Waals surface area (Å²) in [4.78, 5) is 15.5. The molecule has 1 fully saturated rings. The minimum Gasteiger partial charge on any atom is -0.412 e. The topological polar surface area (TPSA) is 69.6 Å². The maximum atomic E-state index is 13.1.